The van der Waals surface area contributed by atoms with E-state index in [1.54, 1.807) is 7.11 Å². The van der Waals surface area contributed by atoms with E-state index in [9.17, 15) is 4.79 Å². The van der Waals surface area contributed by atoms with Gasteiger partial charge in [-0.2, -0.15) is 0 Å². The van der Waals surface area contributed by atoms with Gasteiger partial charge in [0.15, 0.2) is 6.29 Å². The van der Waals surface area contributed by atoms with Crippen LogP contribution < -0.4 is 4.74 Å². The van der Waals surface area contributed by atoms with Crippen molar-refractivity contribution < 1.29 is 9.53 Å². The van der Waals surface area contributed by atoms with Gasteiger partial charge in [0, 0.05) is 28.6 Å². The average molecular weight is 277 g/mol. The first-order valence-electron chi connectivity index (χ1n) is 7.07. The van der Waals surface area contributed by atoms with Crippen molar-refractivity contribution >= 4 is 17.2 Å². The van der Waals surface area contributed by atoms with Crippen molar-refractivity contribution in [3.8, 4) is 17.0 Å². The summed E-state index contributed by atoms with van der Waals surface area (Å²) in [5.74, 6) is 0.823. The number of aryl methyl sites for hydroxylation is 2. The number of aromatic nitrogens is 1. The van der Waals surface area contributed by atoms with E-state index in [0.29, 0.717) is 0 Å². The highest BCUT2D eigenvalue weighted by Gasteiger charge is 2.23. The van der Waals surface area contributed by atoms with Gasteiger partial charge >= 0.3 is 0 Å². The molecule has 0 aliphatic carbocycles. The van der Waals surface area contributed by atoms with Gasteiger partial charge in [-0.25, -0.2) is 0 Å². The Bertz CT molecular complexity index is 861. The first-order valence-corrected chi connectivity index (χ1v) is 7.07. The molecule has 1 aliphatic heterocycles. The smallest absolute Gasteiger partial charge is 0.152 e. The molecular weight excluding hydrogens is 262 g/mol. The van der Waals surface area contributed by atoms with Crippen molar-refractivity contribution in [3.05, 3.63) is 53.6 Å². The van der Waals surface area contributed by atoms with Gasteiger partial charge in [0.25, 0.3) is 0 Å². The van der Waals surface area contributed by atoms with Crippen LogP contribution in [0.4, 0.5) is 0 Å². The maximum absolute atomic E-state index is 11.7. The highest BCUT2D eigenvalue weighted by Crippen LogP contribution is 2.39. The first-order chi connectivity index (χ1) is 10.3. The molecule has 0 bridgehead atoms. The number of carbonyl (C=O) groups excluding carboxylic acids is 1. The number of para-hydroxylation sites is 1. The third kappa shape index (κ3) is 1.64. The monoisotopic (exact) mass is 277 g/mol. The second-order valence-electron chi connectivity index (χ2n) is 5.32. The molecule has 2 aromatic carbocycles. The van der Waals surface area contributed by atoms with Crippen LogP contribution in [-0.4, -0.2) is 18.0 Å². The van der Waals surface area contributed by atoms with Gasteiger partial charge < -0.3 is 9.30 Å². The summed E-state index contributed by atoms with van der Waals surface area (Å²) in [6.45, 7) is 0.906. The molecule has 0 unspecified atom stereocenters. The number of fused-ring (bicyclic) bond motifs is 5. The SMILES string of the molecule is COc1ccc2c(c1)-c1c(C=O)c3ccccc3n1CC2. The zero-order chi connectivity index (χ0) is 14.4. The summed E-state index contributed by atoms with van der Waals surface area (Å²) >= 11 is 0. The van der Waals surface area contributed by atoms with Crippen molar-refractivity contribution in [1.82, 2.24) is 4.57 Å². The maximum atomic E-state index is 11.7. The van der Waals surface area contributed by atoms with E-state index in [2.05, 4.69) is 16.7 Å². The molecule has 0 radical (unpaired) electrons. The van der Waals surface area contributed by atoms with Crippen LogP contribution in [0, 0.1) is 0 Å². The van der Waals surface area contributed by atoms with Gasteiger partial charge in [-0.3, -0.25) is 4.79 Å². The lowest BCUT2D eigenvalue weighted by Gasteiger charge is -2.21. The number of nitrogens with zero attached hydrogens (tertiary/aromatic N) is 1. The van der Waals surface area contributed by atoms with Crippen LogP contribution in [0.25, 0.3) is 22.2 Å². The summed E-state index contributed by atoms with van der Waals surface area (Å²) in [5, 5.41) is 1.03. The number of ether oxygens (including phenoxy) is 1. The van der Waals surface area contributed by atoms with Gasteiger partial charge in [-0.15, -0.1) is 0 Å². The average Bonchev–Trinajstić information content (AvgIpc) is 2.88. The molecular formula is C18H15NO2. The molecule has 0 saturated heterocycles. The zero-order valence-electron chi connectivity index (χ0n) is 11.8. The Labute approximate surface area is 122 Å². The van der Waals surface area contributed by atoms with E-state index >= 15 is 0 Å². The molecule has 0 fully saturated rings. The molecule has 0 saturated carbocycles. The van der Waals surface area contributed by atoms with Gasteiger partial charge in [0.05, 0.1) is 12.8 Å². The molecule has 1 aromatic heterocycles. The molecule has 0 spiro atoms. The Morgan fingerprint density at radius 1 is 1.19 bits per heavy atom. The van der Waals surface area contributed by atoms with E-state index < -0.39 is 0 Å². The molecule has 0 amide bonds. The lowest BCUT2D eigenvalue weighted by molar-refractivity contribution is 0.112. The Hall–Kier alpha value is -2.55. The summed E-state index contributed by atoms with van der Waals surface area (Å²) in [4.78, 5) is 11.7. The van der Waals surface area contributed by atoms with Crippen LogP contribution >= 0.6 is 0 Å². The maximum Gasteiger partial charge on any atom is 0.152 e. The number of methoxy groups -OCH3 is 1. The van der Waals surface area contributed by atoms with Crippen molar-refractivity contribution in [1.29, 1.82) is 0 Å². The van der Waals surface area contributed by atoms with Crippen LogP contribution in [-0.2, 0) is 13.0 Å². The van der Waals surface area contributed by atoms with Crippen LogP contribution in [0.1, 0.15) is 15.9 Å². The molecule has 2 heterocycles. The summed E-state index contributed by atoms with van der Waals surface area (Å²) in [5.41, 5.74) is 5.31. The highest BCUT2D eigenvalue weighted by atomic mass is 16.5. The van der Waals surface area contributed by atoms with Gasteiger partial charge in [-0.05, 0) is 30.2 Å². The molecule has 3 nitrogen and oxygen atoms in total. The van der Waals surface area contributed by atoms with Gasteiger partial charge in [-0.1, -0.05) is 24.3 Å². The number of benzene rings is 2. The minimum atomic E-state index is 0.778. The fourth-order valence-electron chi connectivity index (χ4n) is 3.33. The molecule has 0 N–H and O–H groups in total. The van der Waals surface area contributed by atoms with Gasteiger partial charge in [0.1, 0.15) is 5.75 Å². The largest absolute Gasteiger partial charge is 0.497 e. The summed E-state index contributed by atoms with van der Waals surface area (Å²) in [6.07, 6.45) is 1.95. The topological polar surface area (TPSA) is 31.2 Å². The summed E-state index contributed by atoms with van der Waals surface area (Å²) in [7, 11) is 1.67. The zero-order valence-corrected chi connectivity index (χ0v) is 11.8. The minimum Gasteiger partial charge on any atom is -0.497 e. The Morgan fingerprint density at radius 3 is 2.86 bits per heavy atom. The van der Waals surface area contributed by atoms with Gasteiger partial charge in [0.2, 0.25) is 0 Å². The van der Waals surface area contributed by atoms with Crippen molar-refractivity contribution in [2.24, 2.45) is 0 Å². The predicted octanol–water partition coefficient (Wildman–Crippen LogP) is 3.69. The van der Waals surface area contributed by atoms with Crippen LogP contribution in [0.3, 0.4) is 0 Å². The summed E-state index contributed by atoms with van der Waals surface area (Å²) < 4.78 is 7.60. The standard InChI is InChI=1S/C18H15NO2/c1-21-13-7-6-12-8-9-19-17-5-3-2-4-14(17)16(11-20)18(19)15(12)10-13/h2-7,10-11H,8-9H2,1H3. The molecule has 1 aliphatic rings. The molecule has 3 heteroatoms. The van der Waals surface area contributed by atoms with E-state index in [1.807, 2.05) is 30.3 Å². The lowest BCUT2D eigenvalue weighted by atomic mass is 9.96. The Balaban J connectivity index is 2.11. The minimum absolute atomic E-state index is 0.778. The quantitative estimate of drug-likeness (QED) is 0.669. The normalized spacial score (nSPS) is 12.8. The van der Waals surface area contributed by atoms with Crippen molar-refractivity contribution in [2.45, 2.75) is 13.0 Å². The number of carbonyl (C=O) groups is 1. The Kier molecular flexibility index (Phi) is 2.61. The van der Waals surface area contributed by atoms with Crippen LogP contribution in [0.5, 0.6) is 5.75 Å². The molecule has 3 aromatic rings. The molecule has 104 valence electrons. The highest BCUT2D eigenvalue weighted by molar-refractivity contribution is 6.05. The fraction of sp³-hybridized carbons (Fsp3) is 0.167. The lowest BCUT2D eigenvalue weighted by Crippen LogP contribution is -2.11. The van der Waals surface area contributed by atoms with E-state index in [4.69, 9.17) is 4.74 Å². The number of aldehydes is 1. The predicted molar refractivity (Wildman–Crippen MR) is 83.0 cm³/mol. The van der Waals surface area contributed by atoms with E-state index in [-0.39, 0.29) is 0 Å². The molecule has 0 atom stereocenters. The van der Waals surface area contributed by atoms with E-state index in [1.165, 1.54) is 5.56 Å². The number of rotatable bonds is 2. The second-order valence-corrected chi connectivity index (χ2v) is 5.32. The first kappa shape index (κ1) is 12.2. The number of hydrogen-bond donors (Lipinski definition) is 0. The molecule has 4 rings (SSSR count). The van der Waals surface area contributed by atoms with Crippen molar-refractivity contribution in [2.75, 3.05) is 7.11 Å². The Morgan fingerprint density at radius 2 is 2.05 bits per heavy atom. The van der Waals surface area contributed by atoms with Crippen LogP contribution in [0.15, 0.2) is 42.5 Å². The third-order valence-electron chi connectivity index (χ3n) is 4.30. The van der Waals surface area contributed by atoms with Crippen molar-refractivity contribution in [3.63, 3.8) is 0 Å². The second kappa shape index (κ2) is 4.48. The third-order valence-corrected chi connectivity index (χ3v) is 4.30. The molecule has 21 heavy (non-hydrogen) atoms. The summed E-state index contributed by atoms with van der Waals surface area (Å²) in [6, 6.07) is 14.2. The fourth-order valence-corrected chi connectivity index (χ4v) is 3.33. The van der Waals surface area contributed by atoms with E-state index in [0.717, 1.165) is 52.7 Å². The number of hydrogen-bond acceptors (Lipinski definition) is 2. The van der Waals surface area contributed by atoms with Crippen LogP contribution in [0.2, 0.25) is 0 Å².